The molecule has 0 heterocycles. The van der Waals surface area contributed by atoms with Crippen LogP contribution in [0.3, 0.4) is 0 Å². The number of aliphatic hydroxyl groups is 1. The average molecular weight is 236 g/mol. The highest BCUT2D eigenvalue weighted by Crippen LogP contribution is 2.17. The molecule has 1 nitrogen and oxygen atoms in total. The Morgan fingerprint density at radius 1 is 1.36 bits per heavy atom. The second-order valence-corrected chi connectivity index (χ2v) is 3.31. The van der Waals surface area contributed by atoms with Crippen molar-refractivity contribution in [3.8, 4) is 0 Å². The summed E-state index contributed by atoms with van der Waals surface area (Å²) in [6.07, 6.45) is -0.438. The van der Waals surface area contributed by atoms with Crippen molar-refractivity contribution in [1.29, 1.82) is 0 Å². The van der Waals surface area contributed by atoms with Gasteiger partial charge in [-0.2, -0.15) is 0 Å². The SMILES string of the molecule is O[C@H](CBr)c1ccc(Cl)cc1. The first-order chi connectivity index (χ1) is 5.24. The maximum absolute atomic E-state index is 9.33. The fraction of sp³-hybridized carbons (Fsp3) is 0.250. The summed E-state index contributed by atoms with van der Waals surface area (Å²) < 4.78 is 0. The molecule has 1 atom stereocenters. The molecule has 11 heavy (non-hydrogen) atoms. The van der Waals surface area contributed by atoms with E-state index >= 15 is 0 Å². The molecule has 0 aliphatic rings. The van der Waals surface area contributed by atoms with Crippen LogP contribution in [0.15, 0.2) is 24.3 Å². The average Bonchev–Trinajstić information content (AvgIpc) is 2.05. The Kier molecular flexibility index (Phi) is 3.37. The highest BCUT2D eigenvalue weighted by atomic mass is 79.9. The van der Waals surface area contributed by atoms with Crippen LogP contribution < -0.4 is 0 Å². The molecule has 0 fully saturated rings. The number of aliphatic hydroxyl groups excluding tert-OH is 1. The molecule has 1 aromatic rings. The summed E-state index contributed by atoms with van der Waals surface area (Å²) in [6, 6.07) is 7.16. The molecule has 1 rings (SSSR count). The van der Waals surface area contributed by atoms with Crippen LogP contribution in [0.5, 0.6) is 0 Å². The van der Waals surface area contributed by atoms with Crippen molar-refractivity contribution in [3.05, 3.63) is 34.9 Å². The van der Waals surface area contributed by atoms with Crippen LogP contribution in [0.1, 0.15) is 11.7 Å². The van der Waals surface area contributed by atoms with E-state index in [-0.39, 0.29) is 0 Å². The molecule has 0 aromatic heterocycles. The number of halogens is 2. The Hall–Kier alpha value is -0.0500. The fourth-order valence-corrected chi connectivity index (χ4v) is 1.27. The maximum atomic E-state index is 9.33. The summed E-state index contributed by atoms with van der Waals surface area (Å²) >= 11 is 8.85. The van der Waals surface area contributed by atoms with E-state index in [0.29, 0.717) is 10.4 Å². The molecule has 1 aromatic carbocycles. The maximum Gasteiger partial charge on any atom is 0.0886 e. The van der Waals surface area contributed by atoms with Gasteiger partial charge in [0.2, 0.25) is 0 Å². The smallest absolute Gasteiger partial charge is 0.0886 e. The topological polar surface area (TPSA) is 20.2 Å². The van der Waals surface area contributed by atoms with Gasteiger partial charge in [0.15, 0.2) is 0 Å². The first kappa shape index (κ1) is 9.04. The third-order valence-corrected chi connectivity index (χ3v) is 2.27. The van der Waals surface area contributed by atoms with Crippen LogP contribution in [-0.2, 0) is 0 Å². The van der Waals surface area contributed by atoms with Crippen molar-refractivity contribution in [1.82, 2.24) is 0 Å². The molecule has 0 bridgehead atoms. The molecule has 0 radical (unpaired) electrons. The van der Waals surface area contributed by atoms with E-state index in [0.717, 1.165) is 5.56 Å². The number of hydrogen-bond acceptors (Lipinski definition) is 1. The minimum Gasteiger partial charge on any atom is -0.388 e. The summed E-state index contributed by atoms with van der Waals surface area (Å²) in [5.41, 5.74) is 0.881. The quantitative estimate of drug-likeness (QED) is 0.782. The lowest BCUT2D eigenvalue weighted by Gasteiger charge is -2.05. The molecular formula is C8H8BrClO. The first-order valence-corrected chi connectivity index (χ1v) is 4.73. The van der Waals surface area contributed by atoms with E-state index in [1.165, 1.54) is 0 Å². The van der Waals surface area contributed by atoms with Crippen LogP contribution in [0.25, 0.3) is 0 Å². The van der Waals surface area contributed by atoms with Gasteiger partial charge in [-0.25, -0.2) is 0 Å². The molecule has 0 saturated heterocycles. The molecule has 0 saturated carbocycles. The first-order valence-electron chi connectivity index (χ1n) is 3.23. The van der Waals surface area contributed by atoms with E-state index in [1.54, 1.807) is 12.1 Å². The third kappa shape index (κ3) is 2.47. The standard InChI is InChI=1S/C8H8BrClO/c9-5-8(11)6-1-3-7(10)4-2-6/h1-4,8,11H,5H2/t8-/m1/s1. The second-order valence-electron chi connectivity index (χ2n) is 2.22. The Balaban J connectivity index is 2.81. The van der Waals surface area contributed by atoms with E-state index in [9.17, 15) is 5.11 Å². The lowest BCUT2D eigenvalue weighted by Crippen LogP contribution is -1.96. The summed E-state index contributed by atoms with van der Waals surface area (Å²) in [7, 11) is 0. The van der Waals surface area contributed by atoms with Gasteiger partial charge in [-0.3, -0.25) is 0 Å². The zero-order chi connectivity index (χ0) is 8.27. The van der Waals surface area contributed by atoms with Crippen LogP contribution in [-0.4, -0.2) is 10.4 Å². The monoisotopic (exact) mass is 234 g/mol. The van der Waals surface area contributed by atoms with Crippen LogP contribution in [0, 0.1) is 0 Å². The minimum atomic E-state index is -0.438. The van der Waals surface area contributed by atoms with Gasteiger partial charge in [0.25, 0.3) is 0 Å². The van der Waals surface area contributed by atoms with Crippen molar-refractivity contribution < 1.29 is 5.11 Å². The predicted octanol–water partition coefficient (Wildman–Crippen LogP) is 2.77. The molecule has 0 aliphatic heterocycles. The summed E-state index contributed by atoms with van der Waals surface area (Å²) in [6.45, 7) is 0. The second kappa shape index (κ2) is 4.10. The van der Waals surface area contributed by atoms with Gasteiger partial charge >= 0.3 is 0 Å². The number of alkyl halides is 1. The van der Waals surface area contributed by atoms with E-state index < -0.39 is 6.10 Å². The van der Waals surface area contributed by atoms with Gasteiger partial charge in [0, 0.05) is 10.4 Å². The summed E-state index contributed by atoms with van der Waals surface area (Å²) in [4.78, 5) is 0. The van der Waals surface area contributed by atoms with Gasteiger partial charge < -0.3 is 5.11 Å². The molecule has 60 valence electrons. The molecule has 0 unspecified atom stereocenters. The third-order valence-electron chi connectivity index (χ3n) is 1.40. The summed E-state index contributed by atoms with van der Waals surface area (Å²) in [5, 5.41) is 10.6. The molecular weight excluding hydrogens is 227 g/mol. The predicted molar refractivity (Wildman–Crippen MR) is 50.2 cm³/mol. The Morgan fingerprint density at radius 3 is 2.36 bits per heavy atom. The van der Waals surface area contributed by atoms with Gasteiger partial charge in [-0.1, -0.05) is 39.7 Å². The van der Waals surface area contributed by atoms with Crippen LogP contribution in [0.4, 0.5) is 0 Å². The Labute approximate surface area is 79.1 Å². The molecule has 0 amide bonds. The van der Waals surface area contributed by atoms with Gasteiger partial charge in [-0.05, 0) is 17.7 Å². The van der Waals surface area contributed by atoms with Gasteiger partial charge in [-0.15, -0.1) is 0 Å². The van der Waals surface area contributed by atoms with Crippen molar-refractivity contribution in [2.24, 2.45) is 0 Å². The van der Waals surface area contributed by atoms with E-state index in [2.05, 4.69) is 15.9 Å². The van der Waals surface area contributed by atoms with Crippen LogP contribution in [0.2, 0.25) is 5.02 Å². The molecule has 3 heteroatoms. The molecule has 1 N–H and O–H groups in total. The Morgan fingerprint density at radius 2 is 1.91 bits per heavy atom. The zero-order valence-corrected chi connectivity index (χ0v) is 8.14. The summed E-state index contributed by atoms with van der Waals surface area (Å²) in [5.74, 6) is 0. The lowest BCUT2D eigenvalue weighted by atomic mass is 10.1. The number of rotatable bonds is 2. The fourth-order valence-electron chi connectivity index (χ4n) is 0.774. The number of hydrogen-bond donors (Lipinski definition) is 1. The highest BCUT2D eigenvalue weighted by molar-refractivity contribution is 9.09. The van der Waals surface area contributed by atoms with Crippen molar-refractivity contribution >= 4 is 27.5 Å². The van der Waals surface area contributed by atoms with Crippen molar-refractivity contribution in [2.75, 3.05) is 5.33 Å². The lowest BCUT2D eigenvalue weighted by molar-refractivity contribution is 0.205. The minimum absolute atomic E-state index is 0.438. The van der Waals surface area contributed by atoms with E-state index in [1.807, 2.05) is 12.1 Å². The normalized spacial score (nSPS) is 13.0. The van der Waals surface area contributed by atoms with Gasteiger partial charge in [0.1, 0.15) is 0 Å². The van der Waals surface area contributed by atoms with Gasteiger partial charge in [0.05, 0.1) is 6.10 Å². The zero-order valence-electron chi connectivity index (χ0n) is 5.80. The number of benzene rings is 1. The highest BCUT2D eigenvalue weighted by Gasteiger charge is 2.03. The van der Waals surface area contributed by atoms with Crippen molar-refractivity contribution in [2.45, 2.75) is 6.10 Å². The molecule has 0 spiro atoms. The molecule has 0 aliphatic carbocycles. The van der Waals surface area contributed by atoms with E-state index in [4.69, 9.17) is 11.6 Å². The van der Waals surface area contributed by atoms with Crippen molar-refractivity contribution in [3.63, 3.8) is 0 Å². The Bertz CT molecular complexity index is 222. The van der Waals surface area contributed by atoms with Crippen LogP contribution >= 0.6 is 27.5 Å². The largest absolute Gasteiger partial charge is 0.388 e.